The van der Waals surface area contributed by atoms with Crippen molar-refractivity contribution in [1.29, 1.82) is 0 Å². The van der Waals surface area contributed by atoms with Crippen LogP contribution in [0.4, 0.5) is 0 Å². The Morgan fingerprint density at radius 1 is 1.07 bits per heavy atom. The van der Waals surface area contributed by atoms with Gasteiger partial charge in [-0.3, -0.25) is 9.59 Å². The minimum Gasteiger partial charge on any atom is -0.370 e. The third kappa shape index (κ3) is 2.64. The Morgan fingerprint density at radius 3 is 1.79 bits per heavy atom. The second-order valence-electron chi connectivity index (χ2n) is 2.82. The van der Waals surface area contributed by atoms with Crippen LogP contribution in [0.2, 0.25) is 0 Å². The van der Waals surface area contributed by atoms with Crippen molar-refractivity contribution in [2.45, 2.75) is 24.4 Å². The number of hydrogen-bond donors (Lipinski definition) is 6. The highest BCUT2D eigenvalue weighted by atomic mass is 16.6. The Kier molecular flexibility index (Phi) is 3.54. The molecule has 0 heterocycles. The third-order valence-electron chi connectivity index (χ3n) is 1.62. The minimum atomic E-state index is -3.53. The predicted molar refractivity (Wildman–Crippen MR) is 42.0 cm³/mol. The Bertz CT molecular complexity index is 249. The summed E-state index contributed by atoms with van der Waals surface area (Å²) >= 11 is 0. The van der Waals surface area contributed by atoms with E-state index >= 15 is 0 Å². The quantitative estimate of drug-likeness (QED) is 0.252. The van der Waals surface area contributed by atoms with Gasteiger partial charge < -0.3 is 31.9 Å². The maximum absolute atomic E-state index is 10.4. The molecule has 0 atom stereocenters. The highest BCUT2D eigenvalue weighted by Crippen LogP contribution is 2.21. The van der Waals surface area contributed by atoms with Crippen LogP contribution in [0.5, 0.6) is 0 Å². The normalized spacial score (nSPS) is 12.6. The molecule has 0 saturated carbocycles. The number of primary amides is 2. The molecule has 0 spiro atoms. The molecular formula is C6H12N2O6. The molecule has 0 rings (SSSR count). The summed E-state index contributed by atoms with van der Waals surface area (Å²) in [4.78, 5) is 20.7. The van der Waals surface area contributed by atoms with E-state index in [4.69, 9.17) is 20.4 Å². The fourth-order valence-electron chi connectivity index (χ4n) is 0.669. The van der Waals surface area contributed by atoms with Gasteiger partial charge in [-0.25, -0.2) is 0 Å². The maximum atomic E-state index is 10.4. The maximum Gasteiger partial charge on any atom is 0.300 e. The van der Waals surface area contributed by atoms with Gasteiger partial charge in [0.2, 0.25) is 11.7 Å². The molecular weight excluding hydrogens is 196 g/mol. The molecule has 0 aliphatic carbocycles. The SMILES string of the molecule is NC(=O)CCC(O)(O)C(O)(O)C(N)=O. The average Bonchev–Trinajstić information content (AvgIpc) is 2.00. The van der Waals surface area contributed by atoms with Crippen molar-refractivity contribution < 1.29 is 30.0 Å². The van der Waals surface area contributed by atoms with Gasteiger partial charge in [-0.15, -0.1) is 0 Å². The molecule has 0 aliphatic rings. The molecule has 0 unspecified atom stereocenters. The standard InChI is InChI=1S/C6H12N2O6/c7-3(9)1-2-5(11,12)6(13,14)4(8)10/h11-14H,1-2H2,(H2,7,9)(H2,8,10). The van der Waals surface area contributed by atoms with Gasteiger partial charge in [0.05, 0.1) is 0 Å². The molecule has 0 bridgehead atoms. The molecule has 0 aromatic rings. The molecule has 14 heavy (non-hydrogen) atoms. The van der Waals surface area contributed by atoms with E-state index in [0.717, 1.165) is 0 Å². The van der Waals surface area contributed by atoms with Gasteiger partial charge in [0, 0.05) is 12.8 Å². The lowest BCUT2D eigenvalue weighted by atomic mass is 10.00. The third-order valence-corrected chi connectivity index (χ3v) is 1.62. The number of nitrogens with two attached hydrogens (primary N) is 2. The van der Waals surface area contributed by atoms with E-state index in [9.17, 15) is 9.59 Å². The monoisotopic (exact) mass is 208 g/mol. The Labute approximate surface area is 78.7 Å². The number of amides is 2. The van der Waals surface area contributed by atoms with E-state index in [0.29, 0.717) is 0 Å². The Morgan fingerprint density at radius 2 is 1.50 bits per heavy atom. The van der Waals surface area contributed by atoms with Gasteiger partial charge >= 0.3 is 0 Å². The molecule has 8 N–H and O–H groups in total. The van der Waals surface area contributed by atoms with Crippen molar-refractivity contribution in [1.82, 2.24) is 0 Å². The summed E-state index contributed by atoms with van der Waals surface area (Å²) in [6.45, 7) is 0. The van der Waals surface area contributed by atoms with Crippen molar-refractivity contribution in [3.8, 4) is 0 Å². The lowest BCUT2D eigenvalue weighted by molar-refractivity contribution is -0.338. The highest BCUT2D eigenvalue weighted by molar-refractivity contribution is 5.82. The molecule has 0 radical (unpaired) electrons. The first-order valence-electron chi connectivity index (χ1n) is 3.59. The van der Waals surface area contributed by atoms with Crippen LogP contribution in [0, 0.1) is 0 Å². The van der Waals surface area contributed by atoms with Crippen LogP contribution >= 0.6 is 0 Å². The van der Waals surface area contributed by atoms with Gasteiger partial charge in [-0.1, -0.05) is 0 Å². The van der Waals surface area contributed by atoms with E-state index in [2.05, 4.69) is 11.5 Å². The summed E-state index contributed by atoms with van der Waals surface area (Å²) in [6.07, 6.45) is -1.36. The molecule has 82 valence electrons. The topological polar surface area (TPSA) is 167 Å². The van der Waals surface area contributed by atoms with Gasteiger partial charge in [-0.2, -0.15) is 0 Å². The van der Waals surface area contributed by atoms with E-state index in [1.807, 2.05) is 0 Å². The fourth-order valence-corrected chi connectivity index (χ4v) is 0.669. The summed E-state index contributed by atoms with van der Waals surface area (Å²) in [5.74, 6) is -9.37. The molecule has 0 aromatic heterocycles. The lowest BCUT2D eigenvalue weighted by Crippen LogP contribution is -2.62. The largest absolute Gasteiger partial charge is 0.370 e. The van der Waals surface area contributed by atoms with E-state index in [-0.39, 0.29) is 0 Å². The smallest absolute Gasteiger partial charge is 0.300 e. The van der Waals surface area contributed by atoms with Crippen LogP contribution in [-0.2, 0) is 9.59 Å². The molecule has 0 saturated heterocycles. The van der Waals surface area contributed by atoms with Crippen LogP contribution in [0.15, 0.2) is 0 Å². The van der Waals surface area contributed by atoms with Crippen LogP contribution in [0.25, 0.3) is 0 Å². The van der Waals surface area contributed by atoms with Gasteiger partial charge in [0.15, 0.2) is 0 Å². The van der Waals surface area contributed by atoms with Gasteiger partial charge in [-0.05, 0) is 0 Å². The number of carbonyl (C=O) groups excluding carboxylic acids is 2. The summed E-state index contributed by atoms with van der Waals surface area (Å²) in [6, 6.07) is 0. The van der Waals surface area contributed by atoms with Crippen molar-refractivity contribution in [3.63, 3.8) is 0 Å². The zero-order valence-electron chi connectivity index (χ0n) is 7.17. The first-order valence-corrected chi connectivity index (χ1v) is 3.59. The number of hydrogen-bond acceptors (Lipinski definition) is 6. The van der Waals surface area contributed by atoms with E-state index in [1.165, 1.54) is 0 Å². The summed E-state index contributed by atoms with van der Waals surface area (Å²) in [5.41, 5.74) is 9.17. The average molecular weight is 208 g/mol. The molecule has 2 amide bonds. The second-order valence-corrected chi connectivity index (χ2v) is 2.82. The second kappa shape index (κ2) is 3.88. The lowest BCUT2D eigenvalue weighted by Gasteiger charge is -2.31. The summed E-state index contributed by atoms with van der Waals surface area (Å²) < 4.78 is 0. The van der Waals surface area contributed by atoms with Crippen LogP contribution in [0.1, 0.15) is 12.8 Å². The van der Waals surface area contributed by atoms with Crippen LogP contribution in [0.3, 0.4) is 0 Å². The number of rotatable bonds is 5. The van der Waals surface area contributed by atoms with Crippen LogP contribution < -0.4 is 11.5 Å². The number of aliphatic hydroxyl groups is 4. The Balaban J connectivity index is 4.59. The molecule has 8 nitrogen and oxygen atoms in total. The van der Waals surface area contributed by atoms with Crippen LogP contribution in [-0.4, -0.2) is 43.8 Å². The van der Waals surface area contributed by atoms with Crippen molar-refractivity contribution >= 4 is 11.8 Å². The predicted octanol–water partition coefficient (Wildman–Crippen LogP) is -3.90. The first-order chi connectivity index (χ1) is 6.11. The zero-order valence-corrected chi connectivity index (χ0v) is 7.17. The molecule has 0 fully saturated rings. The summed E-state index contributed by atoms with van der Waals surface area (Å²) in [5, 5.41) is 35.7. The van der Waals surface area contributed by atoms with Crippen molar-refractivity contribution in [3.05, 3.63) is 0 Å². The van der Waals surface area contributed by atoms with E-state index in [1.54, 1.807) is 0 Å². The number of carbonyl (C=O) groups is 2. The fraction of sp³-hybridized carbons (Fsp3) is 0.667. The van der Waals surface area contributed by atoms with Crippen molar-refractivity contribution in [2.75, 3.05) is 0 Å². The highest BCUT2D eigenvalue weighted by Gasteiger charge is 2.52. The summed E-state index contributed by atoms with van der Waals surface area (Å²) in [7, 11) is 0. The minimum absolute atomic E-state index is 0.539. The van der Waals surface area contributed by atoms with Gasteiger partial charge in [0.25, 0.3) is 11.7 Å². The Hall–Kier alpha value is -1.22. The van der Waals surface area contributed by atoms with Gasteiger partial charge in [0.1, 0.15) is 0 Å². The van der Waals surface area contributed by atoms with E-state index < -0.39 is 36.2 Å². The molecule has 0 aliphatic heterocycles. The first kappa shape index (κ1) is 12.8. The molecule has 8 heteroatoms. The molecule has 0 aromatic carbocycles. The zero-order chi connectivity index (χ0) is 11.6. The van der Waals surface area contributed by atoms with Crippen molar-refractivity contribution in [2.24, 2.45) is 11.5 Å².